The summed E-state index contributed by atoms with van der Waals surface area (Å²) in [6.45, 7) is 7.91. The SMILES string of the molecule is C[C@@H]1Cc2c([nH]c3ccccc23)[C@@H](c2cnc(N[C@H]3CNC[C@H]3F)s2)N1CC(F)(F)CO[Si](c1ccccc1)(c1ccccc1)C(C)(C)C. The molecule has 0 bridgehead atoms. The number of rotatable bonds is 10. The predicted octanol–water partition coefficient (Wildman–Crippen LogP) is 6.89. The van der Waals surface area contributed by atoms with Gasteiger partial charge in [-0.05, 0) is 40.4 Å². The third kappa shape index (κ3) is 6.47. The minimum Gasteiger partial charge on any atom is -0.401 e. The fraction of sp³-hybridized carbons (Fsp3) is 0.395. The van der Waals surface area contributed by atoms with Gasteiger partial charge in [0.25, 0.3) is 14.2 Å². The van der Waals surface area contributed by atoms with Gasteiger partial charge >= 0.3 is 0 Å². The summed E-state index contributed by atoms with van der Waals surface area (Å²) in [7, 11) is -3.18. The van der Waals surface area contributed by atoms with E-state index in [1.165, 1.54) is 11.3 Å². The van der Waals surface area contributed by atoms with Gasteiger partial charge < -0.3 is 20.0 Å². The lowest BCUT2D eigenvalue weighted by atomic mass is 9.91. The van der Waals surface area contributed by atoms with Gasteiger partial charge in [0.15, 0.2) is 5.13 Å². The Balaban J connectivity index is 1.23. The second-order valence-corrected chi connectivity index (χ2v) is 19.9. The number of hydrogen-bond donors (Lipinski definition) is 3. The number of anilines is 1. The molecule has 5 aromatic rings. The van der Waals surface area contributed by atoms with Crippen molar-refractivity contribution in [3.63, 3.8) is 0 Å². The van der Waals surface area contributed by atoms with E-state index in [9.17, 15) is 4.39 Å². The maximum absolute atomic E-state index is 16.7. The molecule has 2 aromatic heterocycles. The van der Waals surface area contributed by atoms with Crippen LogP contribution in [0.2, 0.25) is 5.04 Å². The Bertz CT molecular complexity index is 1840. The summed E-state index contributed by atoms with van der Waals surface area (Å²) in [6.07, 6.45) is 1.36. The summed E-state index contributed by atoms with van der Waals surface area (Å²) >= 11 is 1.40. The van der Waals surface area contributed by atoms with Gasteiger partial charge in [-0.2, -0.15) is 0 Å². The molecule has 0 amide bonds. The van der Waals surface area contributed by atoms with Crippen molar-refractivity contribution in [1.82, 2.24) is 20.2 Å². The second kappa shape index (κ2) is 13.3. The van der Waals surface area contributed by atoms with Crippen LogP contribution in [0.25, 0.3) is 10.9 Å². The number of halogens is 3. The van der Waals surface area contributed by atoms with Crippen molar-refractivity contribution < 1.29 is 17.6 Å². The van der Waals surface area contributed by atoms with E-state index in [2.05, 4.69) is 47.4 Å². The largest absolute Gasteiger partial charge is 0.401 e. The molecule has 2 aliphatic heterocycles. The summed E-state index contributed by atoms with van der Waals surface area (Å²) in [6, 6.07) is 26.9. The van der Waals surface area contributed by atoms with Crippen LogP contribution in [-0.4, -0.2) is 73.6 Å². The van der Waals surface area contributed by atoms with Crippen LogP contribution in [0.3, 0.4) is 0 Å². The zero-order valence-corrected chi connectivity index (χ0v) is 30.2. The van der Waals surface area contributed by atoms with Crippen LogP contribution in [0.1, 0.15) is 49.9 Å². The quantitative estimate of drug-likeness (QED) is 0.138. The van der Waals surface area contributed by atoms with Gasteiger partial charge in [0.1, 0.15) is 6.17 Å². The summed E-state index contributed by atoms with van der Waals surface area (Å²) in [5, 5.41) is 9.50. The zero-order chi connectivity index (χ0) is 34.4. The number of hydrogen-bond acceptors (Lipinski definition) is 6. The fourth-order valence-corrected chi connectivity index (χ4v) is 13.4. The van der Waals surface area contributed by atoms with Crippen molar-refractivity contribution in [2.24, 2.45) is 0 Å². The summed E-state index contributed by atoms with van der Waals surface area (Å²) < 4.78 is 54.6. The van der Waals surface area contributed by atoms with Gasteiger partial charge in [0.05, 0.1) is 25.2 Å². The van der Waals surface area contributed by atoms with E-state index in [0.717, 1.165) is 37.4 Å². The number of nitrogens with one attached hydrogen (secondary N) is 3. The first-order chi connectivity index (χ1) is 23.5. The zero-order valence-electron chi connectivity index (χ0n) is 28.4. The van der Waals surface area contributed by atoms with E-state index in [1.54, 1.807) is 6.20 Å². The fourth-order valence-electron chi connectivity index (χ4n) is 7.77. The van der Waals surface area contributed by atoms with Crippen LogP contribution < -0.4 is 21.0 Å². The first kappa shape index (κ1) is 34.0. The van der Waals surface area contributed by atoms with E-state index in [0.29, 0.717) is 24.6 Å². The molecule has 11 heteroatoms. The van der Waals surface area contributed by atoms with Crippen LogP contribution in [-0.2, 0) is 10.8 Å². The van der Waals surface area contributed by atoms with Crippen molar-refractivity contribution in [2.45, 2.75) is 69.4 Å². The lowest BCUT2D eigenvalue weighted by Crippen LogP contribution is -2.67. The standard InChI is InChI=1S/C38H44F3N5OSSi/c1-25-19-29-28-17-11-12-18-31(28)44-34(29)35(33-22-43-36(48-33)45-32-21-42-20-30(32)39)46(25)23-38(40,41)24-47-49(37(2,3)4,26-13-7-5-8-14-26)27-15-9-6-10-16-27/h5-18,22,25,30,32,35,42,44H,19-21,23-24H2,1-4H3,(H,43,45)/t25-,30-,32+,35-/m1/s1. The third-order valence-corrected chi connectivity index (χ3v) is 16.1. The van der Waals surface area contributed by atoms with E-state index in [-0.39, 0.29) is 12.1 Å². The number of aromatic amines is 1. The second-order valence-electron chi connectivity index (χ2n) is 14.5. The summed E-state index contributed by atoms with van der Waals surface area (Å²) in [4.78, 5) is 10.9. The average Bonchev–Trinajstić information content (AvgIpc) is 3.81. The van der Waals surface area contributed by atoms with E-state index in [4.69, 9.17) is 4.43 Å². The Morgan fingerprint density at radius 3 is 2.24 bits per heavy atom. The molecule has 0 spiro atoms. The van der Waals surface area contributed by atoms with Crippen molar-refractivity contribution >= 4 is 46.1 Å². The molecule has 0 radical (unpaired) electrons. The molecule has 3 N–H and O–H groups in total. The first-order valence-electron chi connectivity index (χ1n) is 17.0. The molecule has 4 atom stereocenters. The average molecular weight is 704 g/mol. The van der Waals surface area contributed by atoms with Crippen molar-refractivity contribution in [3.8, 4) is 0 Å². The number of H-pyrrole nitrogens is 1. The number of fused-ring (bicyclic) bond motifs is 3. The smallest absolute Gasteiger partial charge is 0.282 e. The number of nitrogens with zero attached hydrogens (tertiary/aromatic N) is 2. The van der Waals surface area contributed by atoms with E-state index in [1.807, 2.05) is 90.7 Å². The monoisotopic (exact) mass is 703 g/mol. The van der Waals surface area contributed by atoms with Gasteiger partial charge in [-0.25, -0.2) is 18.2 Å². The maximum Gasteiger partial charge on any atom is 0.282 e. The highest BCUT2D eigenvalue weighted by Gasteiger charge is 2.52. The van der Waals surface area contributed by atoms with Crippen molar-refractivity contribution in [3.05, 3.63) is 107 Å². The Morgan fingerprint density at radius 1 is 0.959 bits per heavy atom. The summed E-state index contributed by atoms with van der Waals surface area (Å²) in [5.41, 5.74) is 3.03. The minimum absolute atomic E-state index is 0.191. The Morgan fingerprint density at radius 2 is 1.61 bits per heavy atom. The molecule has 2 aliphatic rings. The van der Waals surface area contributed by atoms with Gasteiger partial charge in [-0.15, -0.1) is 11.3 Å². The van der Waals surface area contributed by atoms with Crippen LogP contribution in [0.4, 0.5) is 18.3 Å². The predicted molar refractivity (Wildman–Crippen MR) is 196 cm³/mol. The first-order valence-corrected chi connectivity index (χ1v) is 19.7. The van der Waals surface area contributed by atoms with Gasteiger partial charge in [0, 0.05) is 46.8 Å². The topological polar surface area (TPSA) is 65.2 Å². The molecule has 0 unspecified atom stereocenters. The number of benzene rings is 3. The van der Waals surface area contributed by atoms with Crippen molar-refractivity contribution in [1.29, 1.82) is 0 Å². The van der Waals surface area contributed by atoms with Gasteiger partial charge in [-0.3, -0.25) is 4.90 Å². The third-order valence-electron chi connectivity index (χ3n) is 10.1. The molecule has 1 saturated heterocycles. The normalized spacial score (nSPS) is 22.0. The lowest BCUT2D eigenvalue weighted by molar-refractivity contribution is -0.0818. The molecular formula is C38H44F3N5OSSi. The molecule has 0 aliphatic carbocycles. The van der Waals surface area contributed by atoms with Crippen LogP contribution in [0, 0.1) is 0 Å². The highest BCUT2D eigenvalue weighted by atomic mass is 32.1. The van der Waals surface area contributed by atoms with Crippen LogP contribution in [0.5, 0.6) is 0 Å². The molecule has 49 heavy (non-hydrogen) atoms. The van der Waals surface area contributed by atoms with Crippen LogP contribution in [0.15, 0.2) is 91.1 Å². The Labute approximate surface area is 291 Å². The minimum atomic E-state index is -3.18. The lowest BCUT2D eigenvalue weighted by Gasteiger charge is -2.45. The molecule has 7 rings (SSSR count). The molecule has 1 fully saturated rings. The maximum atomic E-state index is 16.7. The highest BCUT2D eigenvalue weighted by Crippen LogP contribution is 2.45. The Hall–Kier alpha value is -3.48. The van der Waals surface area contributed by atoms with Crippen molar-refractivity contribution in [2.75, 3.05) is 31.6 Å². The number of para-hydroxylation sites is 1. The Kier molecular flexibility index (Phi) is 9.25. The van der Waals surface area contributed by atoms with E-state index >= 15 is 8.78 Å². The van der Waals surface area contributed by atoms with E-state index < -0.39 is 44.6 Å². The number of thiazole rings is 1. The molecular weight excluding hydrogens is 660 g/mol. The molecule has 0 saturated carbocycles. The van der Waals surface area contributed by atoms with Gasteiger partial charge in [-0.1, -0.05) is 99.6 Å². The molecule has 6 nitrogen and oxygen atoms in total. The molecule has 3 aromatic carbocycles. The van der Waals surface area contributed by atoms with Gasteiger partial charge in [0.2, 0.25) is 0 Å². The molecule has 4 heterocycles. The molecule has 258 valence electrons. The number of aromatic nitrogens is 2. The summed E-state index contributed by atoms with van der Waals surface area (Å²) in [5.74, 6) is -3.17. The number of alkyl halides is 3. The highest BCUT2D eigenvalue weighted by molar-refractivity contribution is 7.15. The van der Waals surface area contributed by atoms with Crippen LogP contribution >= 0.6 is 11.3 Å².